The second-order valence-corrected chi connectivity index (χ2v) is 6.52. The average molecular weight is 352 g/mol. The smallest absolute Gasteiger partial charge is 0.341 e. The van der Waals surface area contributed by atoms with E-state index in [4.69, 9.17) is 10.1 Å². The van der Waals surface area contributed by atoms with Crippen LogP contribution < -0.4 is 11.0 Å². The lowest BCUT2D eigenvalue weighted by Gasteiger charge is -2.19. The molecule has 0 radical (unpaired) electrons. The van der Waals surface area contributed by atoms with E-state index < -0.39 is 5.97 Å². The van der Waals surface area contributed by atoms with E-state index in [0.29, 0.717) is 16.7 Å². The third-order valence-electron chi connectivity index (χ3n) is 4.95. The number of carbonyl (C=O) groups excluding carboxylic acids is 1. The van der Waals surface area contributed by atoms with E-state index in [2.05, 4.69) is 4.98 Å². The van der Waals surface area contributed by atoms with Gasteiger partial charge in [0.25, 0.3) is 5.56 Å². The highest BCUT2D eigenvalue weighted by molar-refractivity contribution is 5.93. The van der Waals surface area contributed by atoms with Crippen molar-refractivity contribution in [2.24, 2.45) is 0 Å². The van der Waals surface area contributed by atoms with Crippen LogP contribution in [0.5, 0.6) is 0 Å². The first-order valence-electron chi connectivity index (χ1n) is 8.90. The maximum atomic E-state index is 13.0. The van der Waals surface area contributed by atoms with Crippen molar-refractivity contribution in [1.82, 2.24) is 14.0 Å². The Hall–Kier alpha value is -2.96. The third kappa shape index (κ3) is 2.51. The predicted octanol–water partition coefficient (Wildman–Crippen LogP) is 2.42. The first kappa shape index (κ1) is 16.5. The number of hydrogen-bond acceptors (Lipinski definition) is 5. The molecule has 1 aliphatic rings. The van der Waals surface area contributed by atoms with E-state index in [1.807, 2.05) is 6.07 Å². The lowest BCUT2D eigenvalue weighted by Crippen LogP contribution is -2.32. The van der Waals surface area contributed by atoms with Crippen molar-refractivity contribution in [3.05, 3.63) is 51.9 Å². The molecule has 3 aromatic heterocycles. The molecule has 7 nitrogen and oxygen atoms in total. The summed E-state index contributed by atoms with van der Waals surface area (Å²) in [5.41, 5.74) is 0.921. The average Bonchev–Trinajstić information content (AvgIpc) is 3.16. The fraction of sp³-hybridized carbons (Fsp3) is 0.368. The number of pyridine rings is 2. The molecule has 3 heterocycles. The molecule has 1 aliphatic carbocycles. The van der Waals surface area contributed by atoms with Gasteiger partial charge in [0, 0.05) is 12.2 Å². The van der Waals surface area contributed by atoms with Crippen molar-refractivity contribution in [1.29, 1.82) is 5.41 Å². The van der Waals surface area contributed by atoms with Gasteiger partial charge in [0.1, 0.15) is 22.3 Å². The minimum absolute atomic E-state index is 0.0648. The van der Waals surface area contributed by atoms with Gasteiger partial charge >= 0.3 is 5.97 Å². The van der Waals surface area contributed by atoms with Gasteiger partial charge in [-0.25, -0.2) is 9.78 Å². The first-order chi connectivity index (χ1) is 12.6. The number of ether oxygens (including phenoxy) is 1. The van der Waals surface area contributed by atoms with Crippen LogP contribution in [0.2, 0.25) is 0 Å². The van der Waals surface area contributed by atoms with Crippen molar-refractivity contribution >= 4 is 22.6 Å². The highest BCUT2D eigenvalue weighted by atomic mass is 16.5. The summed E-state index contributed by atoms with van der Waals surface area (Å²) >= 11 is 0. The van der Waals surface area contributed by atoms with E-state index in [1.54, 1.807) is 29.8 Å². The molecular weight excluding hydrogens is 332 g/mol. The Labute approximate surface area is 149 Å². The monoisotopic (exact) mass is 352 g/mol. The third-order valence-corrected chi connectivity index (χ3v) is 4.95. The van der Waals surface area contributed by atoms with Gasteiger partial charge in [-0.2, -0.15) is 0 Å². The van der Waals surface area contributed by atoms with Crippen molar-refractivity contribution in [2.75, 3.05) is 6.61 Å². The lowest BCUT2D eigenvalue weighted by molar-refractivity contribution is 0.0523. The molecule has 0 amide bonds. The number of esters is 1. The molecule has 0 aromatic carbocycles. The molecule has 4 rings (SSSR count). The maximum absolute atomic E-state index is 13.0. The molecule has 0 atom stereocenters. The van der Waals surface area contributed by atoms with E-state index in [0.717, 1.165) is 25.7 Å². The minimum Gasteiger partial charge on any atom is -0.462 e. The Bertz CT molecular complexity index is 1120. The molecule has 7 heteroatoms. The number of rotatable bonds is 3. The standard InChI is InChI=1S/C19H20N4O3/c1-2-26-19(25)13-11-14-17(23(16(13)20)12-7-3-4-8-12)21-15-9-5-6-10-22(15)18(14)24/h5-6,9-12,20H,2-4,7-8H2,1H3. The number of aromatic nitrogens is 3. The molecular formula is C19H20N4O3. The Morgan fingerprint density at radius 3 is 2.85 bits per heavy atom. The largest absolute Gasteiger partial charge is 0.462 e. The highest BCUT2D eigenvalue weighted by Crippen LogP contribution is 2.30. The van der Waals surface area contributed by atoms with Gasteiger partial charge in [0.05, 0.1) is 12.0 Å². The van der Waals surface area contributed by atoms with Gasteiger partial charge in [-0.1, -0.05) is 18.9 Å². The molecule has 0 aliphatic heterocycles. The lowest BCUT2D eigenvalue weighted by atomic mass is 10.1. The Balaban J connectivity index is 2.12. The van der Waals surface area contributed by atoms with Crippen LogP contribution in [-0.2, 0) is 4.74 Å². The summed E-state index contributed by atoms with van der Waals surface area (Å²) in [5.74, 6) is -0.580. The molecule has 1 fully saturated rings. The topological polar surface area (TPSA) is 89.4 Å². The fourth-order valence-corrected chi connectivity index (χ4v) is 3.73. The highest BCUT2D eigenvalue weighted by Gasteiger charge is 2.24. The molecule has 0 unspecified atom stereocenters. The summed E-state index contributed by atoms with van der Waals surface area (Å²) in [5, 5.41) is 8.93. The van der Waals surface area contributed by atoms with Crippen molar-refractivity contribution in [3.63, 3.8) is 0 Å². The maximum Gasteiger partial charge on any atom is 0.341 e. The zero-order valence-electron chi connectivity index (χ0n) is 14.6. The Morgan fingerprint density at radius 1 is 1.35 bits per heavy atom. The number of nitrogens with zero attached hydrogens (tertiary/aromatic N) is 3. The molecule has 3 aromatic rings. The number of hydrogen-bond donors (Lipinski definition) is 1. The molecule has 134 valence electrons. The van der Waals surface area contributed by atoms with Gasteiger partial charge < -0.3 is 9.30 Å². The summed E-state index contributed by atoms with van der Waals surface area (Å²) in [7, 11) is 0. The van der Waals surface area contributed by atoms with Gasteiger partial charge in [-0.15, -0.1) is 0 Å². The Morgan fingerprint density at radius 2 is 2.12 bits per heavy atom. The van der Waals surface area contributed by atoms with Crippen molar-refractivity contribution < 1.29 is 9.53 Å². The second-order valence-electron chi connectivity index (χ2n) is 6.52. The first-order valence-corrected chi connectivity index (χ1v) is 8.90. The van der Waals surface area contributed by atoms with Crippen molar-refractivity contribution in [2.45, 2.75) is 38.6 Å². The zero-order chi connectivity index (χ0) is 18.3. The van der Waals surface area contributed by atoms with Crippen LogP contribution in [0.15, 0.2) is 35.3 Å². The van der Waals surface area contributed by atoms with Crippen LogP contribution in [0.3, 0.4) is 0 Å². The summed E-state index contributed by atoms with van der Waals surface area (Å²) in [6, 6.07) is 6.87. The summed E-state index contributed by atoms with van der Waals surface area (Å²) in [6.07, 6.45) is 5.60. The van der Waals surface area contributed by atoms with Crippen LogP contribution >= 0.6 is 0 Å². The van der Waals surface area contributed by atoms with E-state index in [-0.39, 0.29) is 29.3 Å². The normalized spacial score (nSPS) is 15.0. The second kappa shape index (κ2) is 6.40. The van der Waals surface area contributed by atoms with Crippen LogP contribution in [0.25, 0.3) is 16.7 Å². The predicted molar refractivity (Wildman–Crippen MR) is 96.3 cm³/mol. The molecule has 0 bridgehead atoms. The van der Waals surface area contributed by atoms with E-state index in [1.165, 1.54) is 10.5 Å². The fourth-order valence-electron chi connectivity index (χ4n) is 3.73. The van der Waals surface area contributed by atoms with Gasteiger partial charge in [-0.05, 0) is 38.0 Å². The van der Waals surface area contributed by atoms with Crippen molar-refractivity contribution in [3.8, 4) is 0 Å². The molecule has 0 spiro atoms. The van der Waals surface area contributed by atoms with Crippen LogP contribution in [-0.4, -0.2) is 26.5 Å². The summed E-state index contributed by atoms with van der Waals surface area (Å²) in [6.45, 7) is 1.94. The molecule has 26 heavy (non-hydrogen) atoms. The van der Waals surface area contributed by atoms with E-state index >= 15 is 0 Å². The summed E-state index contributed by atoms with van der Waals surface area (Å²) in [4.78, 5) is 30.0. The Kier molecular flexibility index (Phi) is 4.06. The van der Waals surface area contributed by atoms with Gasteiger partial charge in [0.2, 0.25) is 0 Å². The van der Waals surface area contributed by atoms with Crippen LogP contribution in [0.4, 0.5) is 0 Å². The van der Waals surface area contributed by atoms with Gasteiger partial charge in [-0.3, -0.25) is 14.6 Å². The minimum atomic E-state index is -0.580. The van der Waals surface area contributed by atoms with Crippen LogP contribution in [0.1, 0.15) is 49.0 Å². The molecule has 0 saturated heterocycles. The quantitative estimate of drug-likeness (QED) is 0.579. The van der Waals surface area contributed by atoms with Gasteiger partial charge in [0.15, 0.2) is 0 Å². The molecule has 1 N–H and O–H groups in total. The van der Waals surface area contributed by atoms with E-state index in [9.17, 15) is 9.59 Å². The SMILES string of the molecule is CCOC(=O)c1cc2c(=O)n3ccccc3nc2n(C2CCCC2)c1=N. The number of fused-ring (bicyclic) bond motifs is 2. The summed E-state index contributed by atoms with van der Waals surface area (Å²) < 4.78 is 8.31. The molecule has 1 saturated carbocycles. The number of carbonyl (C=O) groups is 1. The number of nitrogens with one attached hydrogen (secondary N) is 1. The van der Waals surface area contributed by atoms with Crippen LogP contribution in [0, 0.1) is 5.41 Å². The zero-order valence-corrected chi connectivity index (χ0v) is 14.6.